The first kappa shape index (κ1) is 13.1. The molecule has 3 rings (SSSR count). The summed E-state index contributed by atoms with van der Waals surface area (Å²) in [4.78, 5) is 0. The fourth-order valence-electron chi connectivity index (χ4n) is 1.80. The molecule has 0 amide bonds. The van der Waals surface area contributed by atoms with Gasteiger partial charge < -0.3 is 9.73 Å². The first-order chi connectivity index (χ1) is 9.83. The largest absolute Gasteiger partial charge is 0.419 e. The summed E-state index contributed by atoms with van der Waals surface area (Å²) in [6.45, 7) is 0.514. The molecule has 3 aromatic rings. The molecule has 0 radical (unpaired) electrons. The molecule has 0 bridgehead atoms. The summed E-state index contributed by atoms with van der Waals surface area (Å²) in [5.74, 6) is 1.12. The van der Waals surface area contributed by atoms with E-state index in [1.807, 2.05) is 54.6 Å². The van der Waals surface area contributed by atoms with E-state index in [0.717, 1.165) is 14.8 Å². The predicted molar refractivity (Wildman–Crippen MR) is 86.2 cm³/mol. The van der Waals surface area contributed by atoms with E-state index in [-0.39, 0.29) is 0 Å². The zero-order chi connectivity index (χ0) is 13.8. The molecule has 1 aromatic heterocycles. The number of hydrogen-bond donors (Lipinski definition) is 1. The van der Waals surface area contributed by atoms with Crippen LogP contribution >= 0.6 is 22.6 Å². The van der Waals surface area contributed by atoms with E-state index in [2.05, 4.69) is 38.1 Å². The van der Waals surface area contributed by atoms with Crippen LogP contribution in [0.15, 0.2) is 59.0 Å². The maximum atomic E-state index is 5.64. The van der Waals surface area contributed by atoms with Crippen molar-refractivity contribution in [1.82, 2.24) is 10.2 Å². The standard InChI is InChI=1S/C15H12IN3O/c16-12-8-4-5-9-13(12)17-10-14-18-19-15(20-14)11-6-2-1-3-7-11/h1-9,17H,10H2. The molecule has 0 atom stereocenters. The second-order valence-corrected chi connectivity index (χ2v) is 5.36. The molecule has 0 saturated carbocycles. The third-order valence-electron chi connectivity index (χ3n) is 2.79. The molecule has 0 fully saturated rings. The van der Waals surface area contributed by atoms with E-state index in [1.54, 1.807) is 0 Å². The third kappa shape index (κ3) is 2.98. The molecule has 20 heavy (non-hydrogen) atoms. The van der Waals surface area contributed by atoms with Crippen LogP contribution in [0.3, 0.4) is 0 Å². The summed E-state index contributed by atoms with van der Waals surface area (Å²) in [5, 5.41) is 11.4. The average molecular weight is 377 g/mol. The van der Waals surface area contributed by atoms with Gasteiger partial charge in [0.15, 0.2) is 0 Å². The number of hydrogen-bond acceptors (Lipinski definition) is 4. The van der Waals surface area contributed by atoms with E-state index >= 15 is 0 Å². The Hall–Kier alpha value is -1.89. The summed E-state index contributed by atoms with van der Waals surface area (Å²) < 4.78 is 6.80. The summed E-state index contributed by atoms with van der Waals surface area (Å²) >= 11 is 2.29. The van der Waals surface area contributed by atoms with Crippen molar-refractivity contribution in [3.05, 3.63) is 64.1 Å². The van der Waals surface area contributed by atoms with Crippen LogP contribution in [0.2, 0.25) is 0 Å². The van der Waals surface area contributed by atoms with E-state index in [1.165, 1.54) is 0 Å². The second kappa shape index (κ2) is 6.04. The Morgan fingerprint density at radius 3 is 2.50 bits per heavy atom. The zero-order valence-electron chi connectivity index (χ0n) is 10.6. The highest BCUT2D eigenvalue weighted by Gasteiger charge is 2.08. The minimum absolute atomic E-state index is 0.514. The first-order valence-electron chi connectivity index (χ1n) is 6.19. The van der Waals surface area contributed by atoms with E-state index in [9.17, 15) is 0 Å². The zero-order valence-corrected chi connectivity index (χ0v) is 12.7. The Bertz CT molecular complexity index is 697. The van der Waals surface area contributed by atoms with Crippen LogP contribution in [0.1, 0.15) is 5.89 Å². The molecule has 0 unspecified atom stereocenters. The van der Waals surface area contributed by atoms with Crippen LogP contribution in [0.4, 0.5) is 5.69 Å². The number of rotatable bonds is 4. The van der Waals surface area contributed by atoms with Gasteiger partial charge in [0.05, 0.1) is 6.54 Å². The Morgan fingerprint density at radius 1 is 0.950 bits per heavy atom. The van der Waals surface area contributed by atoms with Gasteiger partial charge in [-0.15, -0.1) is 10.2 Å². The summed E-state index contributed by atoms with van der Waals surface area (Å²) in [6.07, 6.45) is 0. The molecule has 0 saturated heterocycles. The lowest BCUT2D eigenvalue weighted by atomic mass is 10.2. The quantitative estimate of drug-likeness (QED) is 0.700. The highest BCUT2D eigenvalue weighted by atomic mass is 127. The number of para-hydroxylation sites is 1. The van der Waals surface area contributed by atoms with Gasteiger partial charge in [-0.2, -0.15) is 0 Å². The Balaban J connectivity index is 1.71. The Labute approximate surface area is 130 Å². The third-order valence-corrected chi connectivity index (χ3v) is 3.73. The number of halogens is 1. The molecule has 1 N–H and O–H groups in total. The molecule has 0 aliphatic rings. The lowest BCUT2D eigenvalue weighted by molar-refractivity contribution is 0.515. The monoisotopic (exact) mass is 377 g/mol. The molecule has 4 nitrogen and oxygen atoms in total. The molecular formula is C15H12IN3O. The van der Waals surface area contributed by atoms with Gasteiger partial charge in [-0.3, -0.25) is 0 Å². The van der Waals surface area contributed by atoms with Crippen LogP contribution in [0, 0.1) is 3.57 Å². The lowest BCUT2D eigenvalue weighted by Gasteiger charge is -2.05. The molecular weight excluding hydrogens is 365 g/mol. The van der Waals surface area contributed by atoms with Crippen LogP contribution < -0.4 is 5.32 Å². The van der Waals surface area contributed by atoms with E-state index in [4.69, 9.17) is 4.42 Å². The van der Waals surface area contributed by atoms with Gasteiger partial charge in [-0.05, 0) is 46.9 Å². The predicted octanol–water partition coefficient (Wildman–Crippen LogP) is 3.95. The molecule has 0 aliphatic heterocycles. The summed E-state index contributed by atoms with van der Waals surface area (Å²) in [5.41, 5.74) is 1.99. The van der Waals surface area contributed by atoms with Crippen LogP contribution in [-0.4, -0.2) is 10.2 Å². The van der Waals surface area contributed by atoms with Crippen LogP contribution in [0.25, 0.3) is 11.5 Å². The molecule has 0 aliphatic carbocycles. The van der Waals surface area contributed by atoms with Crippen molar-refractivity contribution >= 4 is 28.3 Å². The fraction of sp³-hybridized carbons (Fsp3) is 0.0667. The highest BCUT2D eigenvalue weighted by Crippen LogP contribution is 2.19. The normalized spacial score (nSPS) is 10.4. The van der Waals surface area contributed by atoms with Gasteiger partial charge in [-0.1, -0.05) is 30.3 Å². The van der Waals surface area contributed by atoms with E-state index in [0.29, 0.717) is 18.3 Å². The van der Waals surface area contributed by atoms with Gasteiger partial charge in [0.25, 0.3) is 0 Å². The molecule has 5 heteroatoms. The van der Waals surface area contributed by atoms with Crippen molar-refractivity contribution in [2.75, 3.05) is 5.32 Å². The SMILES string of the molecule is Ic1ccccc1NCc1nnc(-c2ccccc2)o1. The van der Waals surface area contributed by atoms with Crippen molar-refractivity contribution in [3.63, 3.8) is 0 Å². The molecule has 0 spiro atoms. The van der Waals surface area contributed by atoms with Gasteiger partial charge in [0.2, 0.25) is 11.8 Å². The van der Waals surface area contributed by atoms with Crippen molar-refractivity contribution in [2.24, 2.45) is 0 Å². The number of benzene rings is 2. The van der Waals surface area contributed by atoms with Gasteiger partial charge in [0.1, 0.15) is 0 Å². The maximum Gasteiger partial charge on any atom is 0.247 e. The molecule has 2 aromatic carbocycles. The summed E-state index contributed by atoms with van der Waals surface area (Å²) in [6, 6.07) is 17.8. The number of anilines is 1. The Kier molecular flexibility index (Phi) is 3.96. The number of nitrogens with one attached hydrogen (secondary N) is 1. The topological polar surface area (TPSA) is 51.0 Å². The minimum Gasteiger partial charge on any atom is -0.419 e. The average Bonchev–Trinajstić information content (AvgIpc) is 2.96. The van der Waals surface area contributed by atoms with Gasteiger partial charge in [-0.25, -0.2) is 0 Å². The Morgan fingerprint density at radius 2 is 1.70 bits per heavy atom. The number of aromatic nitrogens is 2. The smallest absolute Gasteiger partial charge is 0.247 e. The van der Waals surface area contributed by atoms with Crippen molar-refractivity contribution in [2.45, 2.75) is 6.54 Å². The van der Waals surface area contributed by atoms with Crippen molar-refractivity contribution in [3.8, 4) is 11.5 Å². The summed E-state index contributed by atoms with van der Waals surface area (Å²) in [7, 11) is 0. The van der Waals surface area contributed by atoms with Crippen LogP contribution in [0.5, 0.6) is 0 Å². The number of nitrogens with zero attached hydrogens (tertiary/aromatic N) is 2. The fourth-order valence-corrected chi connectivity index (χ4v) is 2.38. The van der Waals surface area contributed by atoms with Gasteiger partial charge in [0, 0.05) is 14.8 Å². The highest BCUT2D eigenvalue weighted by molar-refractivity contribution is 14.1. The van der Waals surface area contributed by atoms with Crippen molar-refractivity contribution in [1.29, 1.82) is 0 Å². The van der Waals surface area contributed by atoms with E-state index < -0.39 is 0 Å². The first-order valence-corrected chi connectivity index (χ1v) is 7.27. The van der Waals surface area contributed by atoms with Gasteiger partial charge >= 0.3 is 0 Å². The van der Waals surface area contributed by atoms with Crippen LogP contribution in [-0.2, 0) is 6.54 Å². The minimum atomic E-state index is 0.514. The maximum absolute atomic E-state index is 5.64. The lowest BCUT2D eigenvalue weighted by Crippen LogP contribution is -2.00. The molecule has 1 heterocycles. The second-order valence-electron chi connectivity index (χ2n) is 4.20. The van der Waals surface area contributed by atoms with Crippen molar-refractivity contribution < 1.29 is 4.42 Å². The molecule has 100 valence electrons.